The van der Waals surface area contributed by atoms with E-state index in [1.165, 1.54) is 70.6 Å². The van der Waals surface area contributed by atoms with Crippen LogP contribution in [0.2, 0.25) is 0 Å². The normalized spacial score (nSPS) is 13.2. The summed E-state index contributed by atoms with van der Waals surface area (Å²) in [7, 11) is 0. The van der Waals surface area contributed by atoms with Gasteiger partial charge in [-0.25, -0.2) is 0 Å². The zero-order valence-corrected chi connectivity index (χ0v) is 42.9. The van der Waals surface area contributed by atoms with Crippen molar-refractivity contribution >= 4 is 17.9 Å². The topological polar surface area (TPSA) is 78.9 Å². The largest absolute Gasteiger partial charge is 0.462 e. The first kappa shape index (κ1) is 62.5. The van der Waals surface area contributed by atoms with Crippen molar-refractivity contribution in [1.82, 2.24) is 0 Å². The number of carbonyl (C=O) groups excluding carboxylic acids is 3. The third-order valence-electron chi connectivity index (χ3n) is 10.7. The lowest BCUT2D eigenvalue weighted by Crippen LogP contribution is -2.30. The molecule has 0 saturated carbocycles. The maximum absolute atomic E-state index is 12.8. The summed E-state index contributed by atoms with van der Waals surface area (Å²) in [4.78, 5) is 38.0. The van der Waals surface area contributed by atoms with Crippen LogP contribution in [-0.4, -0.2) is 37.2 Å². The molecule has 0 bridgehead atoms. The van der Waals surface area contributed by atoms with Gasteiger partial charge in [0.05, 0.1) is 6.42 Å². The Hall–Kier alpha value is -4.45. The van der Waals surface area contributed by atoms with Gasteiger partial charge in [-0.05, 0) is 116 Å². The van der Waals surface area contributed by atoms with Gasteiger partial charge >= 0.3 is 17.9 Å². The summed E-state index contributed by atoms with van der Waals surface area (Å²) < 4.78 is 16.7. The van der Waals surface area contributed by atoms with Crippen LogP contribution in [-0.2, 0) is 28.6 Å². The van der Waals surface area contributed by atoms with Crippen LogP contribution in [0.1, 0.15) is 213 Å². The van der Waals surface area contributed by atoms with Crippen molar-refractivity contribution in [2.24, 2.45) is 0 Å². The van der Waals surface area contributed by atoms with Gasteiger partial charge < -0.3 is 14.2 Å². The van der Waals surface area contributed by atoms with Crippen molar-refractivity contribution < 1.29 is 28.6 Å². The average Bonchev–Trinajstić information content (AvgIpc) is 3.33. The minimum Gasteiger partial charge on any atom is -0.462 e. The second kappa shape index (κ2) is 54.2. The van der Waals surface area contributed by atoms with E-state index in [0.717, 1.165) is 89.9 Å². The van der Waals surface area contributed by atoms with E-state index < -0.39 is 12.1 Å². The van der Waals surface area contributed by atoms with E-state index in [1.54, 1.807) is 6.08 Å². The van der Waals surface area contributed by atoms with Crippen LogP contribution >= 0.6 is 0 Å². The molecule has 0 amide bonds. The fourth-order valence-corrected chi connectivity index (χ4v) is 6.71. The molecule has 0 aromatic carbocycles. The third kappa shape index (κ3) is 52.4. The maximum atomic E-state index is 12.8. The molecule has 0 N–H and O–H groups in total. The monoisotopic (exact) mass is 925 g/mol. The Morgan fingerprint density at radius 2 is 0.627 bits per heavy atom. The highest BCUT2D eigenvalue weighted by molar-refractivity contribution is 5.72. The smallest absolute Gasteiger partial charge is 0.310 e. The Bertz CT molecular complexity index is 1480. The number of unbranched alkanes of at least 4 members (excludes halogenated alkanes) is 14. The lowest BCUT2D eigenvalue weighted by atomic mass is 10.1. The third-order valence-corrected chi connectivity index (χ3v) is 10.7. The highest BCUT2D eigenvalue weighted by atomic mass is 16.6. The number of rotatable bonds is 46. The molecule has 67 heavy (non-hydrogen) atoms. The van der Waals surface area contributed by atoms with E-state index in [-0.39, 0.29) is 38.0 Å². The summed E-state index contributed by atoms with van der Waals surface area (Å²) in [6.45, 7) is 6.24. The highest BCUT2D eigenvalue weighted by Gasteiger charge is 2.19. The first-order chi connectivity index (χ1) is 33.0. The van der Waals surface area contributed by atoms with Gasteiger partial charge in [-0.2, -0.15) is 0 Å². The Morgan fingerprint density at radius 1 is 0.328 bits per heavy atom. The predicted octanol–water partition coefficient (Wildman–Crippen LogP) is 17.9. The number of hydrogen-bond acceptors (Lipinski definition) is 6. The van der Waals surface area contributed by atoms with E-state index in [2.05, 4.69) is 142 Å². The molecule has 0 heterocycles. The van der Waals surface area contributed by atoms with Gasteiger partial charge in [0.2, 0.25) is 0 Å². The molecule has 0 aliphatic heterocycles. The number of hydrogen-bond donors (Lipinski definition) is 0. The molecule has 6 nitrogen and oxygen atoms in total. The van der Waals surface area contributed by atoms with Crippen LogP contribution in [0.15, 0.2) is 134 Å². The van der Waals surface area contributed by atoms with Gasteiger partial charge in [0, 0.05) is 12.8 Å². The standard InChI is InChI=1S/C61H96O6/c1-4-7-10-13-16-19-22-25-28-29-30-31-34-36-39-42-45-48-51-54-60(63)66-57-58(67-61(64)55-52-49-46-43-40-37-33-27-24-21-18-15-12-9-6-3)56-65-59(62)53-50-47-44-41-38-35-32-26-23-20-17-14-11-8-5-2/h8-9,11-12,16-21,25-28,32-33,38,40-41,43,49,52,58H,4-7,10,13-15,22-24,29-31,34-37,39,42,44-48,50-51,53-57H2,1-3H3/b11-8-,12-9-,19-16-,20-17-,21-18-,28-25-,32-26-,33-27-,41-38-,43-40-,52-49-. The molecule has 0 aromatic heterocycles. The fraction of sp³-hybridized carbons (Fsp3) is 0.590. The van der Waals surface area contributed by atoms with Gasteiger partial charge in [0.25, 0.3) is 0 Å². The van der Waals surface area contributed by atoms with Gasteiger partial charge in [-0.3, -0.25) is 14.4 Å². The van der Waals surface area contributed by atoms with Crippen molar-refractivity contribution in [2.75, 3.05) is 13.2 Å². The van der Waals surface area contributed by atoms with Crippen LogP contribution in [0.25, 0.3) is 0 Å². The lowest BCUT2D eigenvalue weighted by molar-refractivity contribution is -0.166. The van der Waals surface area contributed by atoms with E-state index in [9.17, 15) is 14.4 Å². The molecule has 0 saturated heterocycles. The zero-order chi connectivity index (χ0) is 48.6. The van der Waals surface area contributed by atoms with Crippen LogP contribution in [0.4, 0.5) is 0 Å². The predicted molar refractivity (Wildman–Crippen MR) is 288 cm³/mol. The Morgan fingerprint density at radius 3 is 1.01 bits per heavy atom. The van der Waals surface area contributed by atoms with E-state index in [0.29, 0.717) is 19.3 Å². The molecule has 0 fully saturated rings. The summed E-state index contributed by atoms with van der Waals surface area (Å²) in [6, 6.07) is 0. The molecule has 0 aliphatic rings. The Balaban J connectivity index is 4.56. The summed E-state index contributed by atoms with van der Waals surface area (Å²) in [5.41, 5.74) is 0. The molecule has 6 heteroatoms. The molecule has 0 aliphatic carbocycles. The second-order valence-corrected chi connectivity index (χ2v) is 17.0. The summed E-state index contributed by atoms with van der Waals surface area (Å²) in [5.74, 6) is -1.12. The second-order valence-electron chi connectivity index (χ2n) is 17.0. The number of ether oxygens (including phenoxy) is 3. The lowest BCUT2D eigenvalue weighted by Gasteiger charge is -2.18. The Labute approximate surface area is 411 Å². The maximum Gasteiger partial charge on any atom is 0.310 e. The van der Waals surface area contributed by atoms with Crippen molar-refractivity contribution in [3.05, 3.63) is 134 Å². The minimum absolute atomic E-state index is 0.0813. The number of esters is 3. The van der Waals surface area contributed by atoms with E-state index in [1.807, 2.05) is 6.08 Å². The van der Waals surface area contributed by atoms with Crippen LogP contribution in [0, 0.1) is 0 Å². The van der Waals surface area contributed by atoms with E-state index >= 15 is 0 Å². The fourth-order valence-electron chi connectivity index (χ4n) is 6.71. The average molecular weight is 925 g/mol. The quantitative estimate of drug-likeness (QED) is 0.0262. The summed E-state index contributed by atoms with van der Waals surface area (Å²) >= 11 is 0. The molecule has 0 aromatic rings. The minimum atomic E-state index is -0.856. The van der Waals surface area contributed by atoms with Crippen molar-refractivity contribution in [2.45, 2.75) is 219 Å². The molecular formula is C61H96O6. The molecule has 0 rings (SSSR count). The van der Waals surface area contributed by atoms with E-state index in [4.69, 9.17) is 14.2 Å². The highest BCUT2D eigenvalue weighted by Crippen LogP contribution is 2.13. The molecule has 0 radical (unpaired) electrons. The molecule has 0 spiro atoms. The number of carbonyl (C=O) groups is 3. The zero-order valence-electron chi connectivity index (χ0n) is 42.9. The van der Waals surface area contributed by atoms with Gasteiger partial charge in [-0.15, -0.1) is 0 Å². The molecular weight excluding hydrogens is 829 g/mol. The number of allylic oxidation sites excluding steroid dienone is 21. The van der Waals surface area contributed by atoms with Gasteiger partial charge in [0.15, 0.2) is 6.10 Å². The molecule has 1 atom stereocenters. The first-order valence-corrected chi connectivity index (χ1v) is 26.7. The summed E-state index contributed by atoms with van der Waals surface area (Å²) in [5, 5.41) is 0. The van der Waals surface area contributed by atoms with Crippen molar-refractivity contribution in [3.8, 4) is 0 Å². The summed E-state index contributed by atoms with van der Waals surface area (Å²) in [6.07, 6.45) is 76.1. The first-order valence-electron chi connectivity index (χ1n) is 26.7. The molecule has 376 valence electrons. The van der Waals surface area contributed by atoms with Crippen LogP contribution < -0.4 is 0 Å². The van der Waals surface area contributed by atoms with Crippen molar-refractivity contribution in [1.29, 1.82) is 0 Å². The van der Waals surface area contributed by atoms with Crippen LogP contribution in [0.3, 0.4) is 0 Å². The SMILES string of the molecule is CC/C=C\C/C=C\C/C=C\C/C=C\C/C=C\CC(=O)OC(COC(=O)CCCC/C=C\C/C=C\C/C=C\C/C=C\CC)COC(=O)CCCCCCCCCCC/C=C\C/C=C\CCCCC. The van der Waals surface area contributed by atoms with Crippen LogP contribution in [0.5, 0.6) is 0 Å². The van der Waals surface area contributed by atoms with Crippen molar-refractivity contribution in [3.63, 3.8) is 0 Å². The van der Waals surface area contributed by atoms with Gasteiger partial charge in [-0.1, -0.05) is 212 Å². The molecule has 1 unspecified atom stereocenters. The Kier molecular flexibility index (Phi) is 50.6. The van der Waals surface area contributed by atoms with Gasteiger partial charge in [0.1, 0.15) is 13.2 Å².